The zero-order valence-electron chi connectivity index (χ0n) is 12.5. The van der Waals surface area contributed by atoms with E-state index in [9.17, 15) is 0 Å². The maximum atomic E-state index is 5.69. The summed E-state index contributed by atoms with van der Waals surface area (Å²) in [6.45, 7) is 9.54. The first-order valence-electron chi connectivity index (χ1n) is 7.60. The summed E-state index contributed by atoms with van der Waals surface area (Å²) >= 11 is 0. The third-order valence-electron chi connectivity index (χ3n) is 4.05. The van der Waals surface area contributed by atoms with Crippen LogP contribution >= 0.6 is 0 Å². The van der Waals surface area contributed by atoms with Crippen LogP contribution in [0.5, 0.6) is 0 Å². The van der Waals surface area contributed by atoms with Crippen LogP contribution in [-0.4, -0.2) is 19.8 Å². The van der Waals surface area contributed by atoms with Crippen molar-refractivity contribution < 1.29 is 4.74 Å². The molecule has 0 bridgehead atoms. The van der Waals surface area contributed by atoms with Crippen LogP contribution in [0.25, 0.3) is 0 Å². The fourth-order valence-corrected chi connectivity index (χ4v) is 2.95. The number of hydrogen-bond donors (Lipinski definition) is 1. The van der Waals surface area contributed by atoms with E-state index in [4.69, 9.17) is 4.74 Å². The highest BCUT2D eigenvalue weighted by molar-refractivity contribution is 5.33. The number of hydrogen-bond acceptors (Lipinski definition) is 2. The molecule has 19 heavy (non-hydrogen) atoms. The highest BCUT2D eigenvalue weighted by atomic mass is 16.5. The van der Waals surface area contributed by atoms with E-state index >= 15 is 0 Å². The van der Waals surface area contributed by atoms with Crippen LogP contribution < -0.4 is 5.32 Å². The van der Waals surface area contributed by atoms with Gasteiger partial charge >= 0.3 is 0 Å². The normalized spacial score (nSPS) is 21.3. The first-order valence-corrected chi connectivity index (χ1v) is 7.60. The number of benzene rings is 1. The molecule has 1 saturated heterocycles. The van der Waals surface area contributed by atoms with Crippen LogP contribution in [0.1, 0.15) is 48.9 Å². The van der Waals surface area contributed by atoms with Crippen LogP contribution in [0.3, 0.4) is 0 Å². The number of ether oxygens (including phenoxy) is 1. The van der Waals surface area contributed by atoms with Gasteiger partial charge < -0.3 is 10.1 Å². The van der Waals surface area contributed by atoms with E-state index in [-0.39, 0.29) is 0 Å². The van der Waals surface area contributed by atoms with Crippen molar-refractivity contribution in [2.24, 2.45) is 5.92 Å². The summed E-state index contributed by atoms with van der Waals surface area (Å²) in [5.74, 6) is 0.612. The fraction of sp³-hybridized carbons (Fsp3) is 0.647. The van der Waals surface area contributed by atoms with Gasteiger partial charge in [0.2, 0.25) is 0 Å². The maximum absolute atomic E-state index is 5.69. The summed E-state index contributed by atoms with van der Waals surface area (Å²) in [7, 11) is 0. The molecule has 0 radical (unpaired) electrons. The van der Waals surface area contributed by atoms with E-state index in [1.807, 2.05) is 0 Å². The summed E-state index contributed by atoms with van der Waals surface area (Å²) in [5.41, 5.74) is 4.20. The molecule has 2 atom stereocenters. The zero-order chi connectivity index (χ0) is 13.7. The van der Waals surface area contributed by atoms with Gasteiger partial charge in [0.15, 0.2) is 0 Å². The molecular formula is C17H27NO. The van der Waals surface area contributed by atoms with Crippen LogP contribution in [0.4, 0.5) is 0 Å². The Balaban J connectivity index is 2.22. The molecule has 0 aromatic heterocycles. The van der Waals surface area contributed by atoms with Crippen molar-refractivity contribution in [1.29, 1.82) is 0 Å². The second kappa shape index (κ2) is 7.06. The summed E-state index contributed by atoms with van der Waals surface area (Å²) in [6.07, 6.45) is 3.64. The van der Waals surface area contributed by atoms with E-state index in [0.29, 0.717) is 12.0 Å². The van der Waals surface area contributed by atoms with Crippen LogP contribution in [0.2, 0.25) is 0 Å². The average Bonchev–Trinajstić information content (AvgIpc) is 2.44. The Bertz CT molecular complexity index is 396. The second-order valence-corrected chi connectivity index (χ2v) is 5.77. The minimum atomic E-state index is 0.445. The molecule has 1 heterocycles. The Hall–Kier alpha value is -0.860. The molecular weight excluding hydrogens is 234 g/mol. The lowest BCUT2D eigenvalue weighted by atomic mass is 9.86. The summed E-state index contributed by atoms with van der Waals surface area (Å²) < 4.78 is 5.69. The molecule has 1 fully saturated rings. The number of aryl methyl sites for hydroxylation is 2. The zero-order valence-corrected chi connectivity index (χ0v) is 12.5. The van der Waals surface area contributed by atoms with Crippen molar-refractivity contribution >= 4 is 0 Å². The van der Waals surface area contributed by atoms with Crippen molar-refractivity contribution in [1.82, 2.24) is 5.32 Å². The largest absolute Gasteiger partial charge is 0.381 e. The van der Waals surface area contributed by atoms with E-state index < -0.39 is 0 Å². The van der Waals surface area contributed by atoms with Crippen molar-refractivity contribution in [2.75, 3.05) is 19.8 Å². The van der Waals surface area contributed by atoms with Gasteiger partial charge in [-0.2, -0.15) is 0 Å². The van der Waals surface area contributed by atoms with Crippen molar-refractivity contribution in [2.45, 2.75) is 46.1 Å². The lowest BCUT2D eigenvalue weighted by Crippen LogP contribution is -2.34. The summed E-state index contributed by atoms with van der Waals surface area (Å²) in [6, 6.07) is 7.24. The third-order valence-corrected chi connectivity index (χ3v) is 4.05. The second-order valence-electron chi connectivity index (χ2n) is 5.77. The van der Waals surface area contributed by atoms with Gasteiger partial charge in [0.05, 0.1) is 6.61 Å². The third kappa shape index (κ3) is 3.80. The summed E-state index contributed by atoms with van der Waals surface area (Å²) in [4.78, 5) is 0. The smallest absolute Gasteiger partial charge is 0.0512 e. The SMILES string of the molecule is CCCNC(c1cc(C)ccc1C)C1CCCOC1. The van der Waals surface area contributed by atoms with Gasteiger partial charge in [0.25, 0.3) is 0 Å². The monoisotopic (exact) mass is 261 g/mol. The Morgan fingerprint density at radius 1 is 1.37 bits per heavy atom. The standard InChI is InChI=1S/C17H27NO/c1-4-9-18-17(15-6-5-10-19-12-15)16-11-13(2)7-8-14(16)3/h7-8,11,15,17-18H,4-6,9-10,12H2,1-3H3. The summed E-state index contributed by atoms with van der Waals surface area (Å²) in [5, 5.41) is 3.74. The molecule has 1 aliphatic rings. The van der Waals surface area contributed by atoms with Gasteiger partial charge in [0.1, 0.15) is 0 Å². The molecule has 1 aromatic carbocycles. The first-order chi connectivity index (χ1) is 9.22. The Morgan fingerprint density at radius 2 is 2.21 bits per heavy atom. The predicted molar refractivity (Wildman–Crippen MR) is 80.5 cm³/mol. The number of nitrogens with one attached hydrogen (secondary N) is 1. The van der Waals surface area contributed by atoms with Gasteiger partial charge in [-0.1, -0.05) is 30.7 Å². The van der Waals surface area contributed by atoms with Gasteiger partial charge in [-0.05, 0) is 50.8 Å². The molecule has 2 heteroatoms. The first kappa shape index (κ1) is 14.5. The predicted octanol–water partition coefficient (Wildman–Crippen LogP) is 3.77. The minimum Gasteiger partial charge on any atom is -0.381 e. The van der Waals surface area contributed by atoms with Gasteiger partial charge in [-0.3, -0.25) is 0 Å². The molecule has 0 saturated carbocycles. The van der Waals surface area contributed by atoms with E-state index in [2.05, 4.69) is 44.3 Å². The molecule has 0 spiro atoms. The van der Waals surface area contributed by atoms with E-state index in [0.717, 1.165) is 19.8 Å². The Morgan fingerprint density at radius 3 is 2.89 bits per heavy atom. The topological polar surface area (TPSA) is 21.3 Å². The van der Waals surface area contributed by atoms with Crippen molar-refractivity contribution in [3.05, 3.63) is 34.9 Å². The average molecular weight is 261 g/mol. The van der Waals surface area contributed by atoms with Crippen LogP contribution in [-0.2, 0) is 4.74 Å². The van der Waals surface area contributed by atoms with Crippen molar-refractivity contribution in [3.63, 3.8) is 0 Å². The van der Waals surface area contributed by atoms with E-state index in [1.54, 1.807) is 0 Å². The molecule has 1 N–H and O–H groups in total. The van der Waals surface area contributed by atoms with E-state index in [1.165, 1.54) is 36.0 Å². The highest BCUT2D eigenvalue weighted by Crippen LogP contribution is 2.31. The lowest BCUT2D eigenvalue weighted by molar-refractivity contribution is 0.0389. The van der Waals surface area contributed by atoms with Crippen molar-refractivity contribution in [3.8, 4) is 0 Å². The molecule has 0 aliphatic carbocycles. The van der Waals surface area contributed by atoms with Crippen LogP contribution in [0, 0.1) is 19.8 Å². The van der Waals surface area contributed by atoms with Crippen LogP contribution in [0.15, 0.2) is 18.2 Å². The molecule has 2 nitrogen and oxygen atoms in total. The molecule has 106 valence electrons. The minimum absolute atomic E-state index is 0.445. The Kier molecular flexibility index (Phi) is 5.41. The number of rotatable bonds is 5. The van der Waals surface area contributed by atoms with Gasteiger partial charge in [-0.15, -0.1) is 0 Å². The Labute approximate surface area is 117 Å². The van der Waals surface area contributed by atoms with Gasteiger partial charge in [0, 0.05) is 18.6 Å². The molecule has 0 amide bonds. The maximum Gasteiger partial charge on any atom is 0.0512 e. The molecule has 2 unspecified atom stereocenters. The van der Waals surface area contributed by atoms with Gasteiger partial charge in [-0.25, -0.2) is 0 Å². The highest BCUT2D eigenvalue weighted by Gasteiger charge is 2.26. The molecule has 2 rings (SSSR count). The quantitative estimate of drug-likeness (QED) is 0.871. The lowest BCUT2D eigenvalue weighted by Gasteiger charge is -2.32. The molecule has 1 aromatic rings. The molecule has 1 aliphatic heterocycles. The fourth-order valence-electron chi connectivity index (χ4n) is 2.95.